The molecule has 0 aliphatic carbocycles. The lowest BCUT2D eigenvalue weighted by atomic mass is 10.2. The minimum atomic E-state index is -0.482. The van der Waals surface area contributed by atoms with Crippen LogP contribution in [0.15, 0.2) is 41.1 Å². The van der Waals surface area contributed by atoms with Crippen LogP contribution < -0.4 is 4.74 Å². The molecule has 0 amide bonds. The van der Waals surface area contributed by atoms with Crippen molar-refractivity contribution in [2.24, 2.45) is 0 Å². The van der Waals surface area contributed by atoms with Gasteiger partial charge in [-0.1, -0.05) is 25.1 Å². The largest absolute Gasteiger partial charge is 0.491 e. The molecule has 0 saturated heterocycles. The molecule has 0 fully saturated rings. The van der Waals surface area contributed by atoms with Crippen LogP contribution in [0.5, 0.6) is 5.75 Å². The number of hydrogen-bond acceptors (Lipinski definition) is 4. The first kappa shape index (κ1) is 17.0. The Hall–Kier alpha value is -1.36. The van der Waals surface area contributed by atoms with Crippen LogP contribution in [-0.4, -0.2) is 35.8 Å². The molecular weight excluding hydrogens is 294 g/mol. The van der Waals surface area contributed by atoms with Crippen molar-refractivity contribution in [3.63, 3.8) is 0 Å². The lowest BCUT2D eigenvalue weighted by molar-refractivity contribution is 0.0654. The average molecular weight is 319 g/mol. The molecule has 0 bridgehead atoms. The van der Waals surface area contributed by atoms with Crippen LogP contribution in [0.1, 0.15) is 24.5 Å². The maximum absolute atomic E-state index is 10.3. The highest BCUT2D eigenvalue weighted by atomic mass is 32.1. The molecule has 0 aliphatic heterocycles. The zero-order chi connectivity index (χ0) is 15.8. The van der Waals surface area contributed by atoms with Gasteiger partial charge in [0.2, 0.25) is 0 Å². The molecule has 1 aromatic heterocycles. The number of hydrogen-bond donors (Lipinski definition) is 1. The fourth-order valence-corrected chi connectivity index (χ4v) is 3.11. The number of benzene rings is 1. The number of thiophene rings is 1. The fourth-order valence-electron chi connectivity index (χ4n) is 2.45. The molecule has 120 valence electrons. The molecule has 1 atom stereocenters. The molecular formula is C18H25NO2S. The predicted molar refractivity (Wildman–Crippen MR) is 92.6 cm³/mol. The highest BCUT2D eigenvalue weighted by Crippen LogP contribution is 2.16. The highest BCUT2D eigenvalue weighted by Gasteiger charge is 2.13. The van der Waals surface area contributed by atoms with Gasteiger partial charge in [0.15, 0.2) is 0 Å². The first-order valence-corrected chi connectivity index (χ1v) is 8.73. The first-order valence-electron chi connectivity index (χ1n) is 7.79. The number of para-hydroxylation sites is 1. The second-order valence-electron chi connectivity index (χ2n) is 5.60. The number of aliphatic hydroxyl groups excluding tert-OH is 1. The first-order chi connectivity index (χ1) is 10.7. The van der Waals surface area contributed by atoms with Crippen LogP contribution >= 0.6 is 11.3 Å². The molecule has 2 aromatic rings. The van der Waals surface area contributed by atoms with Gasteiger partial charge in [-0.05, 0) is 53.9 Å². The third-order valence-corrected chi connectivity index (χ3v) is 4.25. The van der Waals surface area contributed by atoms with E-state index >= 15 is 0 Å². The SMILES string of the molecule is CCCN(Cc1ccsc1)C[C@H](O)COc1ccccc1C. The summed E-state index contributed by atoms with van der Waals surface area (Å²) in [6.45, 7) is 7.01. The van der Waals surface area contributed by atoms with Gasteiger partial charge in [-0.2, -0.15) is 11.3 Å². The summed E-state index contributed by atoms with van der Waals surface area (Å²) < 4.78 is 5.74. The van der Waals surface area contributed by atoms with E-state index in [-0.39, 0.29) is 0 Å². The summed E-state index contributed by atoms with van der Waals surface area (Å²) >= 11 is 1.71. The Balaban J connectivity index is 1.82. The van der Waals surface area contributed by atoms with Crippen molar-refractivity contribution in [1.29, 1.82) is 0 Å². The fraction of sp³-hybridized carbons (Fsp3) is 0.444. The Morgan fingerprint density at radius 2 is 2.09 bits per heavy atom. The molecule has 1 heterocycles. The Bertz CT molecular complexity index is 542. The zero-order valence-electron chi connectivity index (χ0n) is 13.4. The molecule has 3 nitrogen and oxygen atoms in total. The molecule has 0 radical (unpaired) electrons. The van der Waals surface area contributed by atoms with E-state index in [1.165, 1.54) is 5.56 Å². The minimum absolute atomic E-state index is 0.328. The monoisotopic (exact) mass is 319 g/mol. The van der Waals surface area contributed by atoms with Crippen LogP contribution in [0.4, 0.5) is 0 Å². The summed E-state index contributed by atoms with van der Waals surface area (Å²) in [4.78, 5) is 2.29. The van der Waals surface area contributed by atoms with Crippen LogP contribution in [0.2, 0.25) is 0 Å². The van der Waals surface area contributed by atoms with Gasteiger partial charge in [0.05, 0.1) is 0 Å². The number of rotatable bonds is 9. The van der Waals surface area contributed by atoms with Crippen molar-refractivity contribution < 1.29 is 9.84 Å². The van der Waals surface area contributed by atoms with Gasteiger partial charge >= 0.3 is 0 Å². The Labute approximate surface area is 137 Å². The Morgan fingerprint density at radius 3 is 2.77 bits per heavy atom. The maximum atomic E-state index is 10.3. The van der Waals surface area contributed by atoms with Crippen molar-refractivity contribution in [2.75, 3.05) is 19.7 Å². The van der Waals surface area contributed by atoms with E-state index in [0.717, 1.165) is 30.8 Å². The smallest absolute Gasteiger partial charge is 0.122 e. The molecule has 0 saturated carbocycles. The van der Waals surface area contributed by atoms with Crippen molar-refractivity contribution in [1.82, 2.24) is 4.90 Å². The molecule has 1 aromatic carbocycles. The van der Waals surface area contributed by atoms with Gasteiger partial charge < -0.3 is 9.84 Å². The van der Waals surface area contributed by atoms with Crippen molar-refractivity contribution in [2.45, 2.75) is 32.9 Å². The average Bonchev–Trinajstić information content (AvgIpc) is 2.99. The molecule has 2 rings (SSSR count). The van der Waals surface area contributed by atoms with E-state index < -0.39 is 6.10 Å². The number of nitrogens with zero attached hydrogens (tertiary/aromatic N) is 1. The van der Waals surface area contributed by atoms with Crippen LogP contribution in [0.3, 0.4) is 0 Å². The van der Waals surface area contributed by atoms with Gasteiger partial charge in [-0.15, -0.1) is 0 Å². The lowest BCUT2D eigenvalue weighted by Gasteiger charge is -2.24. The third kappa shape index (κ3) is 5.44. The van der Waals surface area contributed by atoms with E-state index in [9.17, 15) is 5.11 Å². The molecule has 22 heavy (non-hydrogen) atoms. The summed E-state index contributed by atoms with van der Waals surface area (Å²) in [5, 5.41) is 14.5. The third-order valence-electron chi connectivity index (χ3n) is 3.52. The number of aliphatic hydroxyl groups is 1. The second kappa shape index (κ2) is 8.93. The normalized spacial score (nSPS) is 12.5. The standard InChI is InChI=1S/C18H25NO2S/c1-3-9-19(11-16-8-10-22-14-16)12-17(20)13-21-18-7-5-4-6-15(18)2/h4-8,10,14,17,20H,3,9,11-13H2,1-2H3/t17-/m0/s1. The van der Waals surface area contributed by atoms with E-state index in [2.05, 4.69) is 28.7 Å². The van der Waals surface area contributed by atoms with E-state index in [0.29, 0.717) is 13.2 Å². The van der Waals surface area contributed by atoms with Gasteiger partial charge in [-0.3, -0.25) is 4.90 Å². The van der Waals surface area contributed by atoms with Gasteiger partial charge in [0.1, 0.15) is 18.5 Å². The van der Waals surface area contributed by atoms with E-state index in [4.69, 9.17) is 4.74 Å². The van der Waals surface area contributed by atoms with Gasteiger partial charge in [0, 0.05) is 13.1 Å². The van der Waals surface area contributed by atoms with E-state index in [1.54, 1.807) is 11.3 Å². The highest BCUT2D eigenvalue weighted by molar-refractivity contribution is 7.07. The minimum Gasteiger partial charge on any atom is -0.491 e. The van der Waals surface area contributed by atoms with Crippen molar-refractivity contribution in [3.8, 4) is 5.75 Å². The van der Waals surface area contributed by atoms with E-state index in [1.807, 2.05) is 31.2 Å². The molecule has 0 aliphatic rings. The Kier molecular flexibility index (Phi) is 6.90. The van der Waals surface area contributed by atoms with Crippen LogP contribution in [-0.2, 0) is 6.54 Å². The summed E-state index contributed by atoms with van der Waals surface area (Å²) in [6.07, 6.45) is 0.597. The van der Waals surface area contributed by atoms with Crippen LogP contribution in [0.25, 0.3) is 0 Å². The van der Waals surface area contributed by atoms with Gasteiger partial charge in [0.25, 0.3) is 0 Å². The topological polar surface area (TPSA) is 32.7 Å². The summed E-state index contributed by atoms with van der Waals surface area (Å²) in [5.41, 5.74) is 2.41. The second-order valence-corrected chi connectivity index (χ2v) is 6.38. The summed E-state index contributed by atoms with van der Waals surface area (Å²) in [7, 11) is 0. The quantitative estimate of drug-likeness (QED) is 0.765. The maximum Gasteiger partial charge on any atom is 0.122 e. The summed E-state index contributed by atoms with van der Waals surface area (Å²) in [6, 6.07) is 10.0. The zero-order valence-corrected chi connectivity index (χ0v) is 14.2. The molecule has 4 heteroatoms. The van der Waals surface area contributed by atoms with Crippen molar-refractivity contribution in [3.05, 3.63) is 52.2 Å². The molecule has 1 N–H and O–H groups in total. The summed E-state index contributed by atoms with van der Waals surface area (Å²) in [5.74, 6) is 0.849. The molecule has 0 unspecified atom stereocenters. The number of ether oxygens (including phenoxy) is 1. The number of aryl methyl sites for hydroxylation is 1. The molecule has 0 spiro atoms. The predicted octanol–water partition coefficient (Wildman–Crippen LogP) is 3.71. The van der Waals surface area contributed by atoms with Gasteiger partial charge in [-0.25, -0.2) is 0 Å². The Morgan fingerprint density at radius 1 is 1.27 bits per heavy atom. The van der Waals surface area contributed by atoms with Crippen molar-refractivity contribution >= 4 is 11.3 Å². The lowest BCUT2D eigenvalue weighted by Crippen LogP contribution is -2.35. The van der Waals surface area contributed by atoms with Crippen LogP contribution in [0, 0.1) is 6.92 Å².